The maximum Gasteiger partial charge on any atom is 0.257 e. The highest BCUT2D eigenvalue weighted by Gasteiger charge is 2.16. The van der Waals surface area contributed by atoms with Gasteiger partial charge in [0.1, 0.15) is 17.2 Å². The summed E-state index contributed by atoms with van der Waals surface area (Å²) in [5.74, 6) is -3.12. The van der Waals surface area contributed by atoms with Crippen LogP contribution in [0.15, 0.2) is 41.1 Å². The first-order valence-electron chi connectivity index (χ1n) is 6.60. The fraction of sp³-hybridized carbons (Fsp3) is 0.133. The second kappa shape index (κ2) is 7.77. The first kappa shape index (κ1) is 17.0. The number of aromatic nitrogens is 1. The van der Waals surface area contributed by atoms with Crippen LogP contribution in [0.4, 0.5) is 8.78 Å². The van der Waals surface area contributed by atoms with Crippen molar-refractivity contribution in [3.63, 3.8) is 0 Å². The van der Waals surface area contributed by atoms with E-state index >= 15 is 0 Å². The predicted molar refractivity (Wildman–Crippen MR) is 83.0 cm³/mol. The van der Waals surface area contributed by atoms with Crippen molar-refractivity contribution in [1.29, 1.82) is 0 Å². The van der Waals surface area contributed by atoms with Gasteiger partial charge in [-0.3, -0.25) is 14.6 Å². The molecule has 2 rings (SSSR count). The normalized spacial score (nSPS) is 10.2. The van der Waals surface area contributed by atoms with Gasteiger partial charge in [0, 0.05) is 30.0 Å². The minimum absolute atomic E-state index is 0.0276. The third kappa shape index (κ3) is 4.56. The lowest BCUT2D eigenvalue weighted by Crippen LogP contribution is -2.35. The van der Waals surface area contributed by atoms with Crippen LogP contribution in [0.25, 0.3) is 0 Å². The molecule has 0 unspecified atom stereocenters. The Labute approximate surface area is 139 Å². The zero-order valence-corrected chi connectivity index (χ0v) is 13.4. The number of pyridine rings is 1. The van der Waals surface area contributed by atoms with E-state index in [0.29, 0.717) is 10.0 Å². The molecule has 120 valence electrons. The highest BCUT2D eigenvalue weighted by molar-refractivity contribution is 9.10. The fourth-order valence-corrected chi connectivity index (χ4v) is 2.16. The molecule has 0 saturated heterocycles. The average molecular weight is 384 g/mol. The molecule has 0 aliphatic rings. The van der Waals surface area contributed by atoms with Crippen LogP contribution >= 0.6 is 15.9 Å². The lowest BCUT2D eigenvalue weighted by Gasteiger charge is -2.08. The van der Waals surface area contributed by atoms with Crippen molar-refractivity contribution in [2.24, 2.45) is 0 Å². The van der Waals surface area contributed by atoms with Crippen LogP contribution in [0.2, 0.25) is 0 Å². The van der Waals surface area contributed by atoms with Gasteiger partial charge in [0.25, 0.3) is 11.8 Å². The third-order valence-corrected chi connectivity index (χ3v) is 3.29. The number of nitrogens with one attached hydrogen (secondary N) is 2. The van der Waals surface area contributed by atoms with Crippen molar-refractivity contribution >= 4 is 27.7 Å². The van der Waals surface area contributed by atoms with E-state index in [4.69, 9.17) is 0 Å². The molecule has 1 heterocycles. The van der Waals surface area contributed by atoms with E-state index in [0.717, 1.165) is 12.1 Å². The Kier molecular flexibility index (Phi) is 5.75. The molecule has 0 saturated carbocycles. The number of benzene rings is 1. The van der Waals surface area contributed by atoms with Gasteiger partial charge in [-0.1, -0.05) is 6.07 Å². The molecule has 1 aromatic carbocycles. The van der Waals surface area contributed by atoms with E-state index in [1.54, 1.807) is 12.3 Å². The van der Waals surface area contributed by atoms with E-state index in [2.05, 4.69) is 31.5 Å². The van der Waals surface area contributed by atoms with E-state index in [9.17, 15) is 18.4 Å². The van der Waals surface area contributed by atoms with Gasteiger partial charge in [-0.2, -0.15) is 0 Å². The van der Waals surface area contributed by atoms with Crippen LogP contribution in [-0.2, 0) is 0 Å². The Morgan fingerprint density at radius 3 is 2.26 bits per heavy atom. The zero-order chi connectivity index (χ0) is 16.8. The van der Waals surface area contributed by atoms with Gasteiger partial charge in [-0.15, -0.1) is 0 Å². The Balaban J connectivity index is 1.83. The minimum Gasteiger partial charge on any atom is -0.350 e. The number of carbonyl (C=O) groups excluding carboxylic acids is 2. The Morgan fingerprint density at radius 2 is 1.65 bits per heavy atom. The largest absolute Gasteiger partial charge is 0.350 e. The maximum absolute atomic E-state index is 13.4. The van der Waals surface area contributed by atoms with Gasteiger partial charge >= 0.3 is 0 Å². The quantitative estimate of drug-likeness (QED) is 0.778. The van der Waals surface area contributed by atoms with Crippen molar-refractivity contribution in [3.8, 4) is 0 Å². The smallest absolute Gasteiger partial charge is 0.257 e. The van der Waals surface area contributed by atoms with Crippen LogP contribution < -0.4 is 10.6 Å². The van der Waals surface area contributed by atoms with Crippen molar-refractivity contribution in [3.05, 3.63) is 63.9 Å². The predicted octanol–water partition coefficient (Wildman–Crippen LogP) is 2.28. The number of carbonyl (C=O) groups is 2. The maximum atomic E-state index is 13.4. The van der Waals surface area contributed by atoms with Crippen molar-refractivity contribution in [2.45, 2.75) is 0 Å². The molecule has 0 fully saturated rings. The summed E-state index contributed by atoms with van der Waals surface area (Å²) in [4.78, 5) is 27.4. The zero-order valence-electron chi connectivity index (χ0n) is 11.8. The van der Waals surface area contributed by atoms with Crippen LogP contribution in [-0.4, -0.2) is 29.9 Å². The van der Waals surface area contributed by atoms with Gasteiger partial charge in [-0.25, -0.2) is 8.78 Å². The molecular formula is C15H12BrF2N3O2. The molecular weight excluding hydrogens is 372 g/mol. The van der Waals surface area contributed by atoms with Gasteiger partial charge in [0.05, 0.1) is 5.56 Å². The highest BCUT2D eigenvalue weighted by atomic mass is 79.9. The van der Waals surface area contributed by atoms with Crippen LogP contribution in [0.5, 0.6) is 0 Å². The van der Waals surface area contributed by atoms with E-state index in [1.807, 2.05) is 0 Å². The number of rotatable bonds is 5. The molecule has 2 amide bonds. The number of nitrogens with zero attached hydrogens (tertiary/aromatic N) is 1. The van der Waals surface area contributed by atoms with Gasteiger partial charge in [-0.05, 0) is 34.1 Å². The minimum atomic E-state index is -0.938. The van der Waals surface area contributed by atoms with E-state index < -0.39 is 23.1 Å². The summed E-state index contributed by atoms with van der Waals surface area (Å²) < 4.78 is 27.5. The summed E-state index contributed by atoms with van der Waals surface area (Å²) >= 11 is 3.20. The van der Waals surface area contributed by atoms with E-state index in [-0.39, 0.29) is 19.0 Å². The average Bonchev–Trinajstić information content (AvgIpc) is 2.51. The molecule has 0 atom stereocenters. The molecule has 0 spiro atoms. The second-order valence-corrected chi connectivity index (χ2v) is 5.42. The van der Waals surface area contributed by atoms with E-state index in [1.165, 1.54) is 12.3 Å². The fourth-order valence-electron chi connectivity index (χ4n) is 1.79. The molecule has 8 heteroatoms. The summed E-state index contributed by atoms with van der Waals surface area (Å²) in [6, 6.07) is 4.77. The van der Waals surface area contributed by atoms with Crippen molar-refractivity contribution < 1.29 is 18.4 Å². The Bertz CT molecular complexity index is 720. The monoisotopic (exact) mass is 383 g/mol. The standard InChI is InChI=1S/C15H12BrF2N3O2/c16-10-6-9(7-19-8-10)14(22)20-4-5-21-15(23)13-11(17)2-1-3-12(13)18/h1-3,6-8H,4-5H2,(H,20,22)(H,21,23). The number of hydrogen-bond donors (Lipinski definition) is 2. The molecule has 0 aliphatic heterocycles. The second-order valence-electron chi connectivity index (χ2n) is 4.50. The first-order chi connectivity index (χ1) is 11.0. The molecule has 0 aliphatic carbocycles. The third-order valence-electron chi connectivity index (χ3n) is 2.85. The summed E-state index contributed by atoms with van der Waals surface area (Å²) in [5.41, 5.74) is -0.291. The highest BCUT2D eigenvalue weighted by Crippen LogP contribution is 2.11. The van der Waals surface area contributed by atoms with Gasteiger partial charge in [0.15, 0.2) is 0 Å². The SMILES string of the molecule is O=C(NCCNC(=O)c1c(F)cccc1F)c1cncc(Br)c1. The summed E-state index contributed by atoms with van der Waals surface area (Å²) in [6.45, 7) is 0.132. The summed E-state index contributed by atoms with van der Waals surface area (Å²) in [5, 5.41) is 4.90. The summed E-state index contributed by atoms with van der Waals surface area (Å²) in [6.07, 6.45) is 2.94. The Morgan fingerprint density at radius 1 is 1.04 bits per heavy atom. The lowest BCUT2D eigenvalue weighted by molar-refractivity contribution is 0.0922. The summed E-state index contributed by atoms with van der Waals surface area (Å²) in [7, 11) is 0. The van der Waals surface area contributed by atoms with Crippen molar-refractivity contribution in [2.75, 3.05) is 13.1 Å². The molecule has 2 N–H and O–H groups in total. The molecule has 1 aromatic heterocycles. The van der Waals surface area contributed by atoms with Crippen LogP contribution in [0, 0.1) is 11.6 Å². The number of hydrogen-bond acceptors (Lipinski definition) is 3. The topological polar surface area (TPSA) is 71.1 Å². The van der Waals surface area contributed by atoms with Gasteiger partial charge in [0.2, 0.25) is 0 Å². The lowest BCUT2D eigenvalue weighted by atomic mass is 10.2. The molecule has 2 aromatic rings. The molecule has 0 bridgehead atoms. The van der Waals surface area contributed by atoms with Crippen LogP contribution in [0.3, 0.4) is 0 Å². The first-order valence-corrected chi connectivity index (χ1v) is 7.39. The molecule has 5 nitrogen and oxygen atoms in total. The van der Waals surface area contributed by atoms with Crippen LogP contribution in [0.1, 0.15) is 20.7 Å². The number of amides is 2. The van der Waals surface area contributed by atoms with Crippen molar-refractivity contribution in [1.82, 2.24) is 15.6 Å². The Hall–Kier alpha value is -2.35. The number of halogens is 3. The van der Waals surface area contributed by atoms with Gasteiger partial charge < -0.3 is 10.6 Å². The molecule has 0 radical (unpaired) electrons. The molecule has 23 heavy (non-hydrogen) atoms.